The zero-order valence-corrected chi connectivity index (χ0v) is 12.1. The van der Waals surface area contributed by atoms with E-state index in [-0.39, 0.29) is 17.0 Å². The summed E-state index contributed by atoms with van der Waals surface area (Å²) in [6.07, 6.45) is 3.82. The SMILES string of the molecule is Br.CCCN1CCCC(c2ccc(O)cc2)C1. The summed E-state index contributed by atoms with van der Waals surface area (Å²) in [5.74, 6) is 1.02. The number of phenolic OH excluding ortho intramolecular Hbond substituents is 1. The van der Waals surface area contributed by atoms with Crippen LogP contribution in [0.15, 0.2) is 24.3 Å². The molecule has 2 rings (SSSR count). The Morgan fingerprint density at radius 3 is 2.65 bits per heavy atom. The fourth-order valence-electron chi connectivity index (χ4n) is 2.59. The lowest BCUT2D eigenvalue weighted by Crippen LogP contribution is -2.34. The lowest BCUT2D eigenvalue weighted by Gasteiger charge is -2.32. The molecule has 0 amide bonds. The molecule has 0 aliphatic carbocycles. The Kier molecular flexibility index (Phi) is 6.00. The number of rotatable bonds is 3. The van der Waals surface area contributed by atoms with Crippen molar-refractivity contribution in [1.82, 2.24) is 4.90 Å². The number of halogens is 1. The molecule has 1 saturated heterocycles. The molecule has 17 heavy (non-hydrogen) atoms. The maximum absolute atomic E-state index is 9.28. The predicted molar refractivity (Wildman–Crippen MR) is 77.1 cm³/mol. The first-order valence-electron chi connectivity index (χ1n) is 6.31. The molecule has 1 aromatic rings. The van der Waals surface area contributed by atoms with Crippen LogP contribution in [0, 0.1) is 0 Å². The van der Waals surface area contributed by atoms with Crippen molar-refractivity contribution in [2.45, 2.75) is 32.1 Å². The molecule has 1 heterocycles. The lowest BCUT2D eigenvalue weighted by molar-refractivity contribution is 0.208. The van der Waals surface area contributed by atoms with Gasteiger partial charge in [-0.25, -0.2) is 0 Å². The second-order valence-corrected chi connectivity index (χ2v) is 4.73. The van der Waals surface area contributed by atoms with Gasteiger partial charge in [-0.15, -0.1) is 17.0 Å². The Morgan fingerprint density at radius 1 is 1.29 bits per heavy atom. The molecular weight excluding hydrogens is 278 g/mol. The summed E-state index contributed by atoms with van der Waals surface area (Å²) in [6.45, 7) is 5.89. The van der Waals surface area contributed by atoms with Crippen molar-refractivity contribution in [3.8, 4) is 5.75 Å². The standard InChI is InChI=1S/C14H21NO.BrH/c1-2-9-15-10-3-4-13(11-15)12-5-7-14(16)8-6-12;/h5-8,13,16H,2-4,9-11H2,1H3;1H. The third-order valence-electron chi connectivity index (χ3n) is 3.41. The number of nitrogens with zero attached hydrogens (tertiary/aromatic N) is 1. The molecule has 0 bridgehead atoms. The van der Waals surface area contributed by atoms with Crippen molar-refractivity contribution >= 4 is 17.0 Å². The first kappa shape index (κ1) is 14.5. The van der Waals surface area contributed by atoms with E-state index in [0.29, 0.717) is 11.7 Å². The third kappa shape index (κ3) is 4.00. The molecule has 0 aromatic heterocycles. The molecule has 1 aromatic carbocycles. The smallest absolute Gasteiger partial charge is 0.115 e. The topological polar surface area (TPSA) is 23.5 Å². The van der Waals surface area contributed by atoms with Gasteiger partial charge in [0.1, 0.15) is 5.75 Å². The van der Waals surface area contributed by atoms with Gasteiger partial charge in [0.05, 0.1) is 0 Å². The summed E-state index contributed by atoms with van der Waals surface area (Å²) in [4.78, 5) is 2.56. The highest BCUT2D eigenvalue weighted by Gasteiger charge is 2.20. The van der Waals surface area contributed by atoms with Gasteiger partial charge < -0.3 is 10.0 Å². The van der Waals surface area contributed by atoms with Crippen molar-refractivity contribution in [2.75, 3.05) is 19.6 Å². The number of benzene rings is 1. The Morgan fingerprint density at radius 2 is 2.00 bits per heavy atom. The summed E-state index contributed by atoms with van der Waals surface area (Å²) >= 11 is 0. The molecule has 1 atom stereocenters. The van der Waals surface area contributed by atoms with Crippen LogP contribution in [0.2, 0.25) is 0 Å². The van der Waals surface area contributed by atoms with Crippen LogP contribution in [0.3, 0.4) is 0 Å². The van der Waals surface area contributed by atoms with E-state index in [9.17, 15) is 5.11 Å². The first-order valence-corrected chi connectivity index (χ1v) is 6.31. The van der Waals surface area contributed by atoms with Crippen LogP contribution in [-0.2, 0) is 0 Å². The number of phenols is 1. The minimum atomic E-state index is 0. The average Bonchev–Trinajstić information content (AvgIpc) is 2.31. The quantitative estimate of drug-likeness (QED) is 0.922. The molecule has 1 fully saturated rings. The van der Waals surface area contributed by atoms with Crippen LogP contribution < -0.4 is 0 Å². The molecule has 0 spiro atoms. The van der Waals surface area contributed by atoms with Gasteiger partial charge in [0.2, 0.25) is 0 Å². The maximum Gasteiger partial charge on any atom is 0.115 e. The van der Waals surface area contributed by atoms with Crippen molar-refractivity contribution in [3.05, 3.63) is 29.8 Å². The van der Waals surface area contributed by atoms with E-state index in [2.05, 4.69) is 24.0 Å². The molecule has 1 N–H and O–H groups in total. The highest BCUT2D eigenvalue weighted by atomic mass is 79.9. The first-order chi connectivity index (χ1) is 7.79. The molecule has 2 nitrogen and oxygen atoms in total. The zero-order chi connectivity index (χ0) is 11.4. The van der Waals surface area contributed by atoms with Crippen LogP contribution in [0.5, 0.6) is 5.75 Å². The largest absolute Gasteiger partial charge is 0.508 e. The number of hydrogen-bond donors (Lipinski definition) is 1. The van der Waals surface area contributed by atoms with Crippen LogP contribution in [0.25, 0.3) is 0 Å². The lowest BCUT2D eigenvalue weighted by atomic mass is 9.90. The van der Waals surface area contributed by atoms with Gasteiger partial charge in [-0.2, -0.15) is 0 Å². The minimum absolute atomic E-state index is 0. The van der Waals surface area contributed by atoms with E-state index in [4.69, 9.17) is 0 Å². The van der Waals surface area contributed by atoms with Gasteiger partial charge in [-0.1, -0.05) is 19.1 Å². The molecule has 1 aliphatic heterocycles. The highest BCUT2D eigenvalue weighted by Crippen LogP contribution is 2.27. The monoisotopic (exact) mass is 299 g/mol. The predicted octanol–water partition coefficient (Wildman–Crippen LogP) is 3.56. The van der Waals surface area contributed by atoms with Gasteiger partial charge in [-0.3, -0.25) is 0 Å². The van der Waals surface area contributed by atoms with Crippen LogP contribution in [0.4, 0.5) is 0 Å². The summed E-state index contributed by atoms with van der Waals surface area (Å²) in [7, 11) is 0. The van der Waals surface area contributed by atoms with Crippen molar-refractivity contribution in [2.24, 2.45) is 0 Å². The van der Waals surface area contributed by atoms with Gasteiger partial charge in [0.15, 0.2) is 0 Å². The summed E-state index contributed by atoms with van der Waals surface area (Å²) in [5.41, 5.74) is 1.37. The summed E-state index contributed by atoms with van der Waals surface area (Å²) in [5, 5.41) is 9.28. The van der Waals surface area contributed by atoms with Crippen LogP contribution in [-0.4, -0.2) is 29.6 Å². The molecule has 1 unspecified atom stereocenters. The fraction of sp³-hybridized carbons (Fsp3) is 0.571. The Hall–Kier alpha value is -0.540. The number of piperidine rings is 1. The van der Waals surface area contributed by atoms with Gasteiger partial charge in [-0.05, 0) is 56.0 Å². The second-order valence-electron chi connectivity index (χ2n) is 4.73. The Balaban J connectivity index is 0.00000144. The highest BCUT2D eigenvalue weighted by molar-refractivity contribution is 8.93. The van der Waals surface area contributed by atoms with Gasteiger partial charge in [0, 0.05) is 6.54 Å². The van der Waals surface area contributed by atoms with Crippen molar-refractivity contribution < 1.29 is 5.11 Å². The minimum Gasteiger partial charge on any atom is -0.508 e. The number of likely N-dealkylation sites (tertiary alicyclic amines) is 1. The number of aromatic hydroxyl groups is 1. The molecule has 1 aliphatic rings. The van der Waals surface area contributed by atoms with Gasteiger partial charge in [0.25, 0.3) is 0 Å². The molecule has 96 valence electrons. The molecular formula is C14H22BrNO. The molecule has 0 saturated carbocycles. The van der Waals surface area contributed by atoms with Crippen LogP contribution >= 0.6 is 17.0 Å². The van der Waals surface area contributed by atoms with E-state index < -0.39 is 0 Å². The summed E-state index contributed by atoms with van der Waals surface area (Å²) < 4.78 is 0. The Labute approximate surface area is 114 Å². The zero-order valence-electron chi connectivity index (χ0n) is 10.4. The van der Waals surface area contributed by atoms with E-state index in [1.165, 1.54) is 44.5 Å². The average molecular weight is 300 g/mol. The summed E-state index contributed by atoms with van der Waals surface area (Å²) in [6, 6.07) is 7.73. The van der Waals surface area contributed by atoms with E-state index in [1.807, 2.05) is 0 Å². The van der Waals surface area contributed by atoms with Crippen LogP contribution in [0.1, 0.15) is 37.7 Å². The third-order valence-corrected chi connectivity index (χ3v) is 3.41. The molecule has 0 radical (unpaired) electrons. The van der Waals surface area contributed by atoms with Gasteiger partial charge >= 0.3 is 0 Å². The number of hydrogen-bond acceptors (Lipinski definition) is 2. The van der Waals surface area contributed by atoms with Crippen molar-refractivity contribution in [1.29, 1.82) is 0 Å². The van der Waals surface area contributed by atoms with E-state index in [1.54, 1.807) is 12.1 Å². The maximum atomic E-state index is 9.28. The molecule has 3 heteroatoms. The van der Waals surface area contributed by atoms with E-state index >= 15 is 0 Å². The van der Waals surface area contributed by atoms with Crippen molar-refractivity contribution in [3.63, 3.8) is 0 Å². The fourth-order valence-corrected chi connectivity index (χ4v) is 2.59. The van der Waals surface area contributed by atoms with E-state index in [0.717, 1.165) is 0 Å². The normalized spacial score (nSPS) is 20.9. The second kappa shape index (κ2) is 7.02. The Bertz CT molecular complexity index is 323.